The number of benzene rings is 1. The van der Waals surface area contributed by atoms with E-state index >= 15 is 0 Å². The molecule has 1 heterocycles. The van der Waals surface area contributed by atoms with Crippen molar-refractivity contribution in [3.63, 3.8) is 0 Å². The van der Waals surface area contributed by atoms with Gasteiger partial charge in [0, 0.05) is 5.69 Å². The fourth-order valence-corrected chi connectivity index (χ4v) is 1.69. The Morgan fingerprint density at radius 2 is 2.19 bits per heavy atom. The summed E-state index contributed by atoms with van der Waals surface area (Å²) in [6, 6.07) is 5.38. The average Bonchev–Trinajstić information content (AvgIpc) is 2.23. The summed E-state index contributed by atoms with van der Waals surface area (Å²) in [7, 11) is 0. The molecule has 0 saturated carbocycles. The molecule has 0 amide bonds. The van der Waals surface area contributed by atoms with Gasteiger partial charge in [0.15, 0.2) is 0 Å². The van der Waals surface area contributed by atoms with E-state index in [1.54, 1.807) is 6.07 Å². The number of nitrogens with one attached hydrogen (secondary N) is 1. The molecule has 4 nitrogen and oxygen atoms in total. The number of aromatic amines is 1. The molecule has 0 aliphatic carbocycles. The smallest absolute Gasteiger partial charge is 0.273 e. The largest absolute Gasteiger partial charge is 0.398 e. The Hall–Kier alpha value is -1.81. The van der Waals surface area contributed by atoms with Crippen molar-refractivity contribution in [2.24, 2.45) is 0 Å². The van der Waals surface area contributed by atoms with E-state index in [1.165, 1.54) is 6.20 Å². The number of halogens is 1. The molecule has 2 aromatic rings. The van der Waals surface area contributed by atoms with Crippen LogP contribution in [0.15, 0.2) is 29.2 Å². The van der Waals surface area contributed by atoms with E-state index in [2.05, 4.69) is 10.2 Å². The van der Waals surface area contributed by atoms with Gasteiger partial charge < -0.3 is 5.73 Å². The van der Waals surface area contributed by atoms with Crippen molar-refractivity contribution in [1.82, 2.24) is 10.2 Å². The normalized spacial score (nSPS) is 10.4. The average molecular weight is 236 g/mol. The number of aromatic nitrogens is 2. The zero-order valence-corrected chi connectivity index (χ0v) is 9.38. The molecule has 2 rings (SSSR count). The second-order valence-electron chi connectivity index (χ2n) is 3.49. The van der Waals surface area contributed by atoms with Gasteiger partial charge in [-0.25, -0.2) is 5.10 Å². The van der Waals surface area contributed by atoms with Gasteiger partial charge in [0.05, 0.1) is 16.8 Å². The maximum absolute atomic E-state index is 11.6. The molecule has 16 heavy (non-hydrogen) atoms. The van der Waals surface area contributed by atoms with Crippen molar-refractivity contribution in [2.75, 3.05) is 5.73 Å². The molecule has 0 unspecified atom stereocenters. The van der Waals surface area contributed by atoms with E-state index < -0.39 is 0 Å². The first kappa shape index (κ1) is 10.7. The summed E-state index contributed by atoms with van der Waals surface area (Å²) in [6.07, 6.45) is 1.40. The number of nitrogens with two attached hydrogens (primary N) is 1. The SMILES string of the molecule is Cc1ccc(-c2c(Cl)cn[nH]c2=O)cc1N. The van der Waals surface area contributed by atoms with Gasteiger partial charge in [0.25, 0.3) is 5.56 Å². The maximum atomic E-state index is 11.6. The van der Waals surface area contributed by atoms with Gasteiger partial charge >= 0.3 is 0 Å². The molecule has 82 valence electrons. The first-order valence-corrected chi connectivity index (χ1v) is 5.07. The Morgan fingerprint density at radius 1 is 1.44 bits per heavy atom. The van der Waals surface area contributed by atoms with Crippen LogP contribution in [-0.4, -0.2) is 10.2 Å². The van der Waals surface area contributed by atoms with Crippen LogP contribution < -0.4 is 11.3 Å². The van der Waals surface area contributed by atoms with E-state index in [0.717, 1.165) is 5.56 Å². The van der Waals surface area contributed by atoms with Crippen LogP contribution in [-0.2, 0) is 0 Å². The minimum Gasteiger partial charge on any atom is -0.398 e. The minimum atomic E-state index is -0.323. The van der Waals surface area contributed by atoms with Crippen LogP contribution in [0.5, 0.6) is 0 Å². The fraction of sp³-hybridized carbons (Fsp3) is 0.0909. The third-order valence-electron chi connectivity index (χ3n) is 2.38. The highest BCUT2D eigenvalue weighted by Crippen LogP contribution is 2.25. The van der Waals surface area contributed by atoms with Crippen LogP contribution in [0.2, 0.25) is 5.02 Å². The van der Waals surface area contributed by atoms with E-state index in [0.29, 0.717) is 21.8 Å². The Morgan fingerprint density at radius 3 is 2.81 bits per heavy atom. The third-order valence-corrected chi connectivity index (χ3v) is 2.66. The van der Waals surface area contributed by atoms with Gasteiger partial charge in [0.2, 0.25) is 0 Å². The van der Waals surface area contributed by atoms with E-state index in [4.69, 9.17) is 17.3 Å². The quantitative estimate of drug-likeness (QED) is 0.743. The molecule has 0 fully saturated rings. The molecule has 0 aliphatic rings. The maximum Gasteiger partial charge on any atom is 0.273 e. The molecular weight excluding hydrogens is 226 g/mol. The third kappa shape index (κ3) is 1.79. The summed E-state index contributed by atoms with van der Waals surface area (Å²) >= 11 is 5.93. The molecule has 3 N–H and O–H groups in total. The summed E-state index contributed by atoms with van der Waals surface area (Å²) in [6.45, 7) is 1.90. The fourth-order valence-electron chi connectivity index (χ4n) is 1.44. The summed E-state index contributed by atoms with van der Waals surface area (Å²) in [5, 5.41) is 6.26. The van der Waals surface area contributed by atoms with Crippen LogP contribution >= 0.6 is 11.6 Å². The molecule has 0 bridgehead atoms. The minimum absolute atomic E-state index is 0.312. The number of rotatable bonds is 1. The number of nitrogen functional groups attached to an aromatic ring is 1. The zero-order valence-electron chi connectivity index (χ0n) is 8.62. The molecule has 5 heteroatoms. The van der Waals surface area contributed by atoms with E-state index in [9.17, 15) is 4.79 Å². The number of anilines is 1. The molecule has 0 saturated heterocycles. The van der Waals surface area contributed by atoms with Gasteiger partial charge in [-0.2, -0.15) is 5.10 Å². The summed E-state index contributed by atoms with van der Waals surface area (Å²) in [5.41, 5.74) is 8.14. The Bertz CT molecular complexity index is 592. The van der Waals surface area contributed by atoms with Gasteiger partial charge in [-0.05, 0) is 24.1 Å². The standard InChI is InChI=1S/C11H10ClN3O/c1-6-2-3-7(4-9(6)13)10-8(12)5-14-15-11(10)16/h2-5H,13H2,1H3,(H,15,16). The highest BCUT2D eigenvalue weighted by molar-refractivity contribution is 6.33. The van der Waals surface area contributed by atoms with Gasteiger partial charge in [-0.1, -0.05) is 23.7 Å². The second-order valence-corrected chi connectivity index (χ2v) is 3.90. The monoisotopic (exact) mass is 235 g/mol. The number of hydrogen-bond donors (Lipinski definition) is 2. The van der Waals surface area contributed by atoms with Crippen LogP contribution in [0.1, 0.15) is 5.56 Å². The highest BCUT2D eigenvalue weighted by atomic mass is 35.5. The number of H-pyrrole nitrogens is 1. The number of nitrogens with zero attached hydrogens (tertiary/aromatic N) is 1. The van der Waals surface area contributed by atoms with Crippen molar-refractivity contribution in [3.05, 3.63) is 45.3 Å². The predicted molar refractivity (Wildman–Crippen MR) is 64.5 cm³/mol. The summed E-state index contributed by atoms with van der Waals surface area (Å²) < 4.78 is 0. The lowest BCUT2D eigenvalue weighted by molar-refractivity contribution is 0.992. The van der Waals surface area contributed by atoms with E-state index in [1.807, 2.05) is 19.1 Å². The molecule has 1 aromatic heterocycles. The van der Waals surface area contributed by atoms with Crippen LogP contribution in [0.25, 0.3) is 11.1 Å². The molecule has 1 aromatic carbocycles. The van der Waals surface area contributed by atoms with Crippen molar-refractivity contribution in [3.8, 4) is 11.1 Å². The first-order chi connectivity index (χ1) is 7.59. The summed E-state index contributed by atoms with van der Waals surface area (Å²) in [5.74, 6) is 0. The molecule has 0 spiro atoms. The number of hydrogen-bond acceptors (Lipinski definition) is 3. The predicted octanol–water partition coefficient (Wildman–Crippen LogP) is 1.98. The van der Waals surface area contributed by atoms with Gasteiger partial charge in [-0.3, -0.25) is 4.79 Å². The van der Waals surface area contributed by atoms with Crippen LogP contribution in [0.3, 0.4) is 0 Å². The molecular formula is C11H10ClN3O. The van der Waals surface area contributed by atoms with Crippen molar-refractivity contribution >= 4 is 17.3 Å². The van der Waals surface area contributed by atoms with Gasteiger partial charge in [-0.15, -0.1) is 0 Å². The van der Waals surface area contributed by atoms with Gasteiger partial charge in [0.1, 0.15) is 0 Å². The topological polar surface area (TPSA) is 71.8 Å². The van der Waals surface area contributed by atoms with Crippen molar-refractivity contribution in [1.29, 1.82) is 0 Å². The van der Waals surface area contributed by atoms with Crippen molar-refractivity contribution < 1.29 is 0 Å². The number of aryl methyl sites for hydroxylation is 1. The second kappa shape index (κ2) is 3.98. The first-order valence-electron chi connectivity index (χ1n) is 4.69. The van der Waals surface area contributed by atoms with Crippen molar-refractivity contribution in [2.45, 2.75) is 6.92 Å². The lowest BCUT2D eigenvalue weighted by atomic mass is 10.0. The molecule has 0 aliphatic heterocycles. The lowest BCUT2D eigenvalue weighted by Crippen LogP contribution is -2.10. The van der Waals surface area contributed by atoms with Crippen LogP contribution in [0, 0.1) is 6.92 Å². The highest BCUT2D eigenvalue weighted by Gasteiger charge is 2.09. The Labute approximate surface area is 97.1 Å². The Balaban J connectivity index is 2.68. The summed E-state index contributed by atoms with van der Waals surface area (Å²) in [4.78, 5) is 11.6. The molecule has 0 atom stereocenters. The van der Waals surface area contributed by atoms with Crippen LogP contribution in [0.4, 0.5) is 5.69 Å². The Kier molecular flexibility index (Phi) is 2.66. The molecule has 0 radical (unpaired) electrons. The zero-order chi connectivity index (χ0) is 11.7. The lowest BCUT2D eigenvalue weighted by Gasteiger charge is -2.05. The van der Waals surface area contributed by atoms with E-state index in [-0.39, 0.29) is 5.56 Å².